The summed E-state index contributed by atoms with van der Waals surface area (Å²) in [6.07, 6.45) is 1.89. The lowest BCUT2D eigenvalue weighted by molar-refractivity contribution is 0.0526. The molecule has 1 aromatic heterocycles. The Hall–Kier alpha value is -3.19. The molecular formula is C20H20N4O2S. The van der Waals surface area contributed by atoms with Gasteiger partial charge in [0, 0.05) is 18.0 Å². The number of ether oxygens (including phenoxy) is 1. The molecule has 0 bridgehead atoms. The molecular weight excluding hydrogens is 360 g/mol. The van der Waals surface area contributed by atoms with Crippen LogP contribution in [0, 0.1) is 0 Å². The fourth-order valence-electron chi connectivity index (χ4n) is 2.47. The predicted molar refractivity (Wildman–Crippen MR) is 110 cm³/mol. The summed E-state index contributed by atoms with van der Waals surface area (Å²) in [5, 5.41) is 11.0. The number of carbonyl (C=O) groups is 1. The van der Waals surface area contributed by atoms with Crippen LogP contribution in [-0.4, -0.2) is 27.5 Å². The third-order valence-electron chi connectivity index (χ3n) is 3.72. The molecule has 0 aliphatic carbocycles. The smallest absolute Gasteiger partial charge is 0.338 e. The molecule has 27 heavy (non-hydrogen) atoms. The SMILES string of the molecule is CCOC(=O)c1ccc(NC(=S)Nc2ccn(Cc3ccccc3)n2)cc1. The number of benzene rings is 2. The molecule has 0 atom stereocenters. The van der Waals surface area contributed by atoms with E-state index in [-0.39, 0.29) is 5.97 Å². The summed E-state index contributed by atoms with van der Waals surface area (Å²) in [6, 6.07) is 18.9. The van der Waals surface area contributed by atoms with Gasteiger partial charge in [-0.25, -0.2) is 4.79 Å². The monoisotopic (exact) mass is 380 g/mol. The normalized spacial score (nSPS) is 10.3. The summed E-state index contributed by atoms with van der Waals surface area (Å²) in [6.45, 7) is 2.82. The van der Waals surface area contributed by atoms with Crippen LogP contribution in [0.2, 0.25) is 0 Å². The van der Waals surface area contributed by atoms with E-state index in [1.807, 2.05) is 35.1 Å². The zero-order valence-electron chi connectivity index (χ0n) is 14.9. The highest BCUT2D eigenvalue weighted by molar-refractivity contribution is 7.80. The topological polar surface area (TPSA) is 68.2 Å². The number of aromatic nitrogens is 2. The zero-order chi connectivity index (χ0) is 19.1. The largest absolute Gasteiger partial charge is 0.462 e. The summed E-state index contributed by atoms with van der Waals surface area (Å²) < 4.78 is 6.81. The molecule has 0 amide bonds. The van der Waals surface area contributed by atoms with Crippen molar-refractivity contribution in [3.05, 3.63) is 78.0 Å². The fourth-order valence-corrected chi connectivity index (χ4v) is 2.69. The van der Waals surface area contributed by atoms with Crippen LogP contribution in [0.4, 0.5) is 11.5 Å². The van der Waals surface area contributed by atoms with Crippen molar-refractivity contribution in [2.75, 3.05) is 17.2 Å². The van der Waals surface area contributed by atoms with Gasteiger partial charge in [0.05, 0.1) is 18.7 Å². The second kappa shape index (κ2) is 8.95. The van der Waals surface area contributed by atoms with Crippen LogP contribution in [0.5, 0.6) is 0 Å². The molecule has 2 N–H and O–H groups in total. The van der Waals surface area contributed by atoms with Gasteiger partial charge in [-0.2, -0.15) is 5.10 Å². The van der Waals surface area contributed by atoms with Gasteiger partial charge in [-0.05, 0) is 49.0 Å². The number of nitrogens with one attached hydrogen (secondary N) is 2. The van der Waals surface area contributed by atoms with Crippen molar-refractivity contribution in [2.24, 2.45) is 0 Å². The summed E-state index contributed by atoms with van der Waals surface area (Å²) >= 11 is 5.32. The first-order valence-corrected chi connectivity index (χ1v) is 8.97. The van der Waals surface area contributed by atoms with Gasteiger partial charge < -0.3 is 15.4 Å². The first-order chi connectivity index (χ1) is 13.1. The van der Waals surface area contributed by atoms with E-state index in [0.717, 1.165) is 5.69 Å². The summed E-state index contributed by atoms with van der Waals surface area (Å²) in [7, 11) is 0. The van der Waals surface area contributed by atoms with Crippen molar-refractivity contribution >= 4 is 34.8 Å². The Labute approximate surface area is 163 Å². The average Bonchev–Trinajstić information content (AvgIpc) is 3.10. The summed E-state index contributed by atoms with van der Waals surface area (Å²) in [5.74, 6) is 0.320. The van der Waals surface area contributed by atoms with E-state index in [1.165, 1.54) is 5.56 Å². The quantitative estimate of drug-likeness (QED) is 0.499. The minimum absolute atomic E-state index is 0.339. The van der Waals surface area contributed by atoms with Gasteiger partial charge in [0.15, 0.2) is 10.9 Å². The van der Waals surface area contributed by atoms with Crippen LogP contribution >= 0.6 is 12.2 Å². The van der Waals surface area contributed by atoms with Gasteiger partial charge in [0.2, 0.25) is 0 Å². The van der Waals surface area contributed by atoms with Crippen molar-refractivity contribution < 1.29 is 9.53 Å². The maximum Gasteiger partial charge on any atom is 0.338 e. The lowest BCUT2D eigenvalue weighted by Gasteiger charge is -2.09. The van der Waals surface area contributed by atoms with Crippen molar-refractivity contribution in [2.45, 2.75) is 13.5 Å². The molecule has 138 valence electrons. The number of anilines is 2. The van der Waals surface area contributed by atoms with Crippen molar-refractivity contribution in [3.63, 3.8) is 0 Å². The second-order valence-corrected chi connectivity index (χ2v) is 6.17. The molecule has 0 unspecified atom stereocenters. The lowest BCUT2D eigenvalue weighted by Crippen LogP contribution is -2.19. The molecule has 0 saturated carbocycles. The third-order valence-corrected chi connectivity index (χ3v) is 3.93. The molecule has 2 aromatic carbocycles. The molecule has 0 fully saturated rings. The first-order valence-electron chi connectivity index (χ1n) is 8.56. The number of esters is 1. The second-order valence-electron chi connectivity index (χ2n) is 5.76. The number of thiocarbonyl (C=S) groups is 1. The standard InChI is InChI=1S/C20H20N4O2S/c1-2-26-19(25)16-8-10-17(11-9-16)21-20(27)22-18-12-13-24(23-18)14-15-6-4-3-5-7-15/h3-13H,2,14H2,1H3,(H2,21,22,23,27). The Morgan fingerprint density at radius 1 is 1.07 bits per heavy atom. The Balaban J connectivity index is 1.54. The maximum absolute atomic E-state index is 11.7. The van der Waals surface area contributed by atoms with Gasteiger partial charge in [-0.15, -0.1) is 0 Å². The molecule has 3 aromatic rings. The van der Waals surface area contributed by atoms with Crippen LogP contribution in [0.1, 0.15) is 22.8 Å². The average molecular weight is 380 g/mol. The van der Waals surface area contributed by atoms with E-state index in [2.05, 4.69) is 27.9 Å². The minimum atomic E-state index is -0.339. The van der Waals surface area contributed by atoms with Crippen molar-refractivity contribution in [1.29, 1.82) is 0 Å². The van der Waals surface area contributed by atoms with Crippen LogP contribution in [0.25, 0.3) is 0 Å². The number of carbonyl (C=O) groups excluding carboxylic acids is 1. The fraction of sp³-hybridized carbons (Fsp3) is 0.150. The Kier molecular flexibility index (Phi) is 6.17. The van der Waals surface area contributed by atoms with Crippen LogP contribution in [0.3, 0.4) is 0 Å². The van der Waals surface area contributed by atoms with E-state index >= 15 is 0 Å². The molecule has 3 rings (SSSR count). The highest BCUT2D eigenvalue weighted by Gasteiger charge is 2.07. The zero-order valence-corrected chi connectivity index (χ0v) is 15.7. The predicted octanol–water partition coefficient (Wildman–Crippen LogP) is 3.92. The molecule has 0 radical (unpaired) electrons. The van der Waals surface area contributed by atoms with Gasteiger partial charge in [0.1, 0.15) is 0 Å². The molecule has 6 nitrogen and oxygen atoms in total. The van der Waals surface area contributed by atoms with E-state index in [9.17, 15) is 4.79 Å². The molecule has 0 aliphatic rings. The Morgan fingerprint density at radius 3 is 2.52 bits per heavy atom. The van der Waals surface area contributed by atoms with E-state index in [4.69, 9.17) is 17.0 Å². The van der Waals surface area contributed by atoms with Crippen LogP contribution in [-0.2, 0) is 11.3 Å². The number of hydrogen-bond donors (Lipinski definition) is 2. The Bertz CT molecular complexity index is 907. The molecule has 0 spiro atoms. The molecule has 0 aliphatic heterocycles. The van der Waals surface area contributed by atoms with Crippen molar-refractivity contribution in [1.82, 2.24) is 9.78 Å². The first kappa shape index (κ1) is 18.6. The molecule has 0 saturated heterocycles. The van der Waals surface area contributed by atoms with Gasteiger partial charge in [0.25, 0.3) is 0 Å². The van der Waals surface area contributed by atoms with Gasteiger partial charge in [-0.3, -0.25) is 4.68 Å². The van der Waals surface area contributed by atoms with Crippen LogP contribution in [0.15, 0.2) is 66.9 Å². The number of hydrogen-bond acceptors (Lipinski definition) is 4. The minimum Gasteiger partial charge on any atom is -0.462 e. The Morgan fingerprint density at radius 2 is 1.81 bits per heavy atom. The number of nitrogens with zero attached hydrogens (tertiary/aromatic N) is 2. The van der Waals surface area contributed by atoms with Gasteiger partial charge in [-0.1, -0.05) is 30.3 Å². The number of rotatable bonds is 6. The van der Waals surface area contributed by atoms with E-state index < -0.39 is 0 Å². The lowest BCUT2D eigenvalue weighted by atomic mass is 10.2. The highest BCUT2D eigenvalue weighted by Crippen LogP contribution is 2.12. The highest BCUT2D eigenvalue weighted by atomic mass is 32.1. The van der Waals surface area contributed by atoms with Crippen molar-refractivity contribution in [3.8, 4) is 0 Å². The summed E-state index contributed by atoms with van der Waals surface area (Å²) in [4.78, 5) is 11.7. The van der Waals surface area contributed by atoms with E-state index in [0.29, 0.717) is 29.6 Å². The third kappa shape index (κ3) is 5.39. The van der Waals surface area contributed by atoms with Crippen LogP contribution < -0.4 is 10.6 Å². The van der Waals surface area contributed by atoms with Gasteiger partial charge >= 0.3 is 5.97 Å². The summed E-state index contributed by atoms with van der Waals surface area (Å²) in [5.41, 5.74) is 2.44. The molecule has 7 heteroatoms. The molecule has 1 heterocycles. The van der Waals surface area contributed by atoms with E-state index in [1.54, 1.807) is 31.2 Å². The maximum atomic E-state index is 11.7.